The van der Waals surface area contributed by atoms with E-state index >= 15 is 0 Å². The molecule has 4 nitrogen and oxygen atoms in total. The second kappa shape index (κ2) is 7.50. The summed E-state index contributed by atoms with van der Waals surface area (Å²) < 4.78 is 5.31. The average molecular weight is 282 g/mol. The number of rotatable bonds is 5. The predicted molar refractivity (Wildman–Crippen MR) is 77.4 cm³/mol. The summed E-state index contributed by atoms with van der Waals surface area (Å²) in [5.41, 5.74) is 1.21. The van der Waals surface area contributed by atoms with Crippen molar-refractivity contribution >= 4 is 17.4 Å². The van der Waals surface area contributed by atoms with Gasteiger partial charge in [-0.3, -0.25) is 0 Å². The van der Waals surface area contributed by atoms with Gasteiger partial charge in [-0.05, 0) is 41.7 Å². The molecule has 1 aromatic heterocycles. The molecule has 1 fully saturated rings. The Morgan fingerprint density at radius 3 is 2.95 bits per heavy atom. The van der Waals surface area contributed by atoms with Crippen molar-refractivity contribution < 1.29 is 9.53 Å². The van der Waals surface area contributed by atoms with Gasteiger partial charge in [0.1, 0.15) is 0 Å². The molecule has 0 spiro atoms. The number of nitrogens with one attached hydrogen (secondary N) is 1. The number of hydrogen-bond donors (Lipinski definition) is 1. The summed E-state index contributed by atoms with van der Waals surface area (Å²) in [6, 6.07) is 2.40. The molecule has 19 heavy (non-hydrogen) atoms. The zero-order valence-corrected chi connectivity index (χ0v) is 12.2. The highest BCUT2D eigenvalue weighted by atomic mass is 32.1. The molecule has 0 bridgehead atoms. The van der Waals surface area contributed by atoms with Gasteiger partial charge < -0.3 is 15.0 Å². The van der Waals surface area contributed by atoms with E-state index in [0.717, 1.165) is 39.0 Å². The van der Waals surface area contributed by atoms with Gasteiger partial charge in [0.25, 0.3) is 0 Å². The summed E-state index contributed by atoms with van der Waals surface area (Å²) in [4.78, 5) is 14.2. The topological polar surface area (TPSA) is 41.6 Å². The average Bonchev–Trinajstić information content (AvgIpc) is 2.92. The number of urea groups is 1. The molecule has 2 amide bonds. The van der Waals surface area contributed by atoms with Crippen molar-refractivity contribution in [1.29, 1.82) is 0 Å². The van der Waals surface area contributed by atoms with E-state index in [0.29, 0.717) is 6.54 Å². The van der Waals surface area contributed by atoms with Crippen LogP contribution >= 0.6 is 11.3 Å². The zero-order chi connectivity index (χ0) is 13.5. The number of carbonyl (C=O) groups excluding carboxylic acids is 1. The second-order valence-corrected chi connectivity index (χ2v) is 5.67. The first-order chi connectivity index (χ1) is 9.29. The van der Waals surface area contributed by atoms with Crippen LogP contribution in [0.2, 0.25) is 0 Å². The van der Waals surface area contributed by atoms with E-state index in [-0.39, 0.29) is 12.1 Å². The van der Waals surface area contributed by atoms with Crippen molar-refractivity contribution in [3.63, 3.8) is 0 Å². The van der Waals surface area contributed by atoms with Gasteiger partial charge in [-0.1, -0.05) is 6.92 Å². The van der Waals surface area contributed by atoms with Crippen LogP contribution in [0.25, 0.3) is 0 Å². The number of carbonyl (C=O) groups is 1. The molecule has 0 aromatic carbocycles. The third-order valence-electron chi connectivity index (χ3n) is 3.28. The third-order valence-corrected chi connectivity index (χ3v) is 4.02. The van der Waals surface area contributed by atoms with Crippen molar-refractivity contribution in [2.45, 2.75) is 38.8 Å². The molecular weight excluding hydrogens is 260 g/mol. The summed E-state index contributed by atoms with van der Waals surface area (Å²) in [6.07, 6.45) is 2.82. The third kappa shape index (κ3) is 4.51. The SMILES string of the molecule is CCCN(Cc1ccsc1)C(=O)NC1CCOCC1. The number of hydrogen-bond acceptors (Lipinski definition) is 3. The highest BCUT2D eigenvalue weighted by Crippen LogP contribution is 2.12. The van der Waals surface area contributed by atoms with E-state index in [2.05, 4.69) is 29.1 Å². The molecule has 1 saturated heterocycles. The van der Waals surface area contributed by atoms with Crippen LogP contribution in [0.15, 0.2) is 16.8 Å². The van der Waals surface area contributed by atoms with E-state index in [1.54, 1.807) is 11.3 Å². The fourth-order valence-electron chi connectivity index (χ4n) is 2.23. The van der Waals surface area contributed by atoms with E-state index in [1.165, 1.54) is 5.56 Å². The number of amides is 2. The van der Waals surface area contributed by atoms with Crippen LogP contribution < -0.4 is 5.32 Å². The second-order valence-electron chi connectivity index (χ2n) is 4.89. The summed E-state index contributed by atoms with van der Waals surface area (Å²) in [5, 5.41) is 7.28. The normalized spacial score (nSPS) is 16.3. The van der Waals surface area contributed by atoms with Gasteiger partial charge in [0, 0.05) is 32.3 Å². The maximum atomic E-state index is 12.3. The van der Waals surface area contributed by atoms with Crippen LogP contribution in [-0.2, 0) is 11.3 Å². The Bertz CT molecular complexity index is 375. The molecule has 0 radical (unpaired) electrons. The first-order valence-electron chi connectivity index (χ1n) is 6.94. The monoisotopic (exact) mass is 282 g/mol. The molecule has 2 heterocycles. The highest BCUT2D eigenvalue weighted by Gasteiger charge is 2.19. The number of ether oxygens (including phenoxy) is 1. The maximum absolute atomic E-state index is 12.3. The van der Waals surface area contributed by atoms with Crippen LogP contribution in [0, 0.1) is 0 Å². The lowest BCUT2D eigenvalue weighted by atomic mass is 10.1. The fourth-order valence-corrected chi connectivity index (χ4v) is 2.89. The molecule has 1 aromatic rings. The van der Waals surface area contributed by atoms with Gasteiger partial charge in [-0.25, -0.2) is 4.79 Å². The van der Waals surface area contributed by atoms with Crippen molar-refractivity contribution in [3.05, 3.63) is 22.4 Å². The summed E-state index contributed by atoms with van der Waals surface area (Å²) in [6.45, 7) is 5.10. The molecule has 0 atom stereocenters. The lowest BCUT2D eigenvalue weighted by Crippen LogP contribution is -2.46. The summed E-state index contributed by atoms with van der Waals surface area (Å²) in [7, 11) is 0. The van der Waals surface area contributed by atoms with Gasteiger partial charge in [0.15, 0.2) is 0 Å². The van der Waals surface area contributed by atoms with Crippen LogP contribution in [0.4, 0.5) is 4.79 Å². The number of nitrogens with zero attached hydrogens (tertiary/aromatic N) is 1. The van der Waals surface area contributed by atoms with Crippen molar-refractivity contribution in [3.8, 4) is 0 Å². The van der Waals surface area contributed by atoms with Gasteiger partial charge in [0.05, 0.1) is 0 Å². The van der Waals surface area contributed by atoms with Crippen molar-refractivity contribution in [2.24, 2.45) is 0 Å². The Morgan fingerprint density at radius 2 is 2.32 bits per heavy atom. The van der Waals surface area contributed by atoms with Crippen LogP contribution in [0.3, 0.4) is 0 Å². The Balaban J connectivity index is 1.87. The minimum Gasteiger partial charge on any atom is -0.381 e. The van der Waals surface area contributed by atoms with E-state index < -0.39 is 0 Å². The molecule has 0 saturated carbocycles. The minimum atomic E-state index is 0.0555. The van der Waals surface area contributed by atoms with Crippen LogP contribution in [0.1, 0.15) is 31.7 Å². The Morgan fingerprint density at radius 1 is 1.53 bits per heavy atom. The Labute approximate surface area is 118 Å². The first kappa shape index (κ1) is 14.3. The minimum absolute atomic E-state index is 0.0555. The van der Waals surface area contributed by atoms with Gasteiger partial charge in [-0.2, -0.15) is 11.3 Å². The molecule has 2 rings (SSSR count). The largest absolute Gasteiger partial charge is 0.381 e. The smallest absolute Gasteiger partial charge is 0.317 e. The maximum Gasteiger partial charge on any atom is 0.317 e. The Kier molecular flexibility index (Phi) is 5.66. The zero-order valence-electron chi connectivity index (χ0n) is 11.4. The molecule has 1 aliphatic rings. The van der Waals surface area contributed by atoms with E-state index in [9.17, 15) is 4.79 Å². The van der Waals surface area contributed by atoms with Gasteiger partial charge >= 0.3 is 6.03 Å². The predicted octanol–water partition coefficient (Wildman–Crippen LogP) is 2.85. The van der Waals surface area contributed by atoms with E-state index in [1.807, 2.05) is 4.90 Å². The molecule has 106 valence electrons. The Hall–Kier alpha value is -1.07. The molecule has 5 heteroatoms. The van der Waals surface area contributed by atoms with Gasteiger partial charge in [-0.15, -0.1) is 0 Å². The lowest BCUT2D eigenvalue weighted by molar-refractivity contribution is 0.0779. The fraction of sp³-hybridized carbons (Fsp3) is 0.643. The highest BCUT2D eigenvalue weighted by molar-refractivity contribution is 7.07. The van der Waals surface area contributed by atoms with Crippen LogP contribution in [0.5, 0.6) is 0 Å². The number of thiophene rings is 1. The molecule has 0 unspecified atom stereocenters. The standard InChI is InChI=1S/C14H22N2O2S/c1-2-6-16(10-12-5-9-19-11-12)14(17)15-13-3-7-18-8-4-13/h5,9,11,13H,2-4,6-8,10H2,1H3,(H,15,17). The first-order valence-corrected chi connectivity index (χ1v) is 7.88. The van der Waals surface area contributed by atoms with Crippen LogP contribution in [-0.4, -0.2) is 36.7 Å². The lowest BCUT2D eigenvalue weighted by Gasteiger charge is -2.28. The molecular formula is C14H22N2O2S. The van der Waals surface area contributed by atoms with Crippen molar-refractivity contribution in [2.75, 3.05) is 19.8 Å². The molecule has 1 N–H and O–H groups in total. The summed E-state index contributed by atoms with van der Waals surface area (Å²) >= 11 is 1.67. The summed E-state index contributed by atoms with van der Waals surface area (Å²) in [5.74, 6) is 0. The molecule has 0 aliphatic carbocycles. The van der Waals surface area contributed by atoms with Crippen molar-refractivity contribution in [1.82, 2.24) is 10.2 Å². The quantitative estimate of drug-likeness (QED) is 0.902. The molecule has 1 aliphatic heterocycles. The van der Waals surface area contributed by atoms with Gasteiger partial charge in [0.2, 0.25) is 0 Å². The van der Waals surface area contributed by atoms with E-state index in [4.69, 9.17) is 4.74 Å².